The van der Waals surface area contributed by atoms with Crippen molar-refractivity contribution in [2.24, 2.45) is 0 Å². The average Bonchev–Trinajstić information content (AvgIpc) is 2.45. The average molecular weight is 336 g/mol. The van der Waals surface area contributed by atoms with Crippen LogP contribution in [0.25, 0.3) is 11.1 Å². The Bertz CT molecular complexity index is 691. The van der Waals surface area contributed by atoms with E-state index in [4.69, 9.17) is 4.74 Å². The van der Waals surface area contributed by atoms with Crippen LogP contribution in [0, 0.1) is 0 Å². The first-order chi connectivity index (χ1) is 10.6. The maximum Gasteiger partial charge on any atom is 0.573 e. The Balaban J connectivity index is 2.63. The molecule has 124 valence electrons. The van der Waals surface area contributed by atoms with Crippen LogP contribution in [0.15, 0.2) is 42.5 Å². The molecule has 8 heteroatoms. The lowest BCUT2D eigenvalue weighted by molar-refractivity contribution is -0.274. The zero-order valence-electron chi connectivity index (χ0n) is 11.6. The molecule has 0 amide bonds. The fraction of sp³-hybridized carbons (Fsp3) is 0.200. The molecule has 0 aliphatic heterocycles. The molecule has 2 nitrogen and oxygen atoms in total. The van der Waals surface area contributed by atoms with Gasteiger partial charge in [-0.2, -0.15) is 13.2 Å². The molecule has 0 radical (unpaired) electrons. The first-order valence-electron chi connectivity index (χ1n) is 6.22. The highest BCUT2D eigenvalue weighted by Crippen LogP contribution is 2.42. The van der Waals surface area contributed by atoms with Gasteiger partial charge in [-0.1, -0.05) is 18.2 Å². The van der Waals surface area contributed by atoms with E-state index < -0.39 is 29.4 Å². The Labute approximate surface area is 127 Å². The number of hydrogen-bond acceptors (Lipinski definition) is 2. The Morgan fingerprint density at radius 2 is 1.48 bits per heavy atom. The fourth-order valence-corrected chi connectivity index (χ4v) is 2.02. The van der Waals surface area contributed by atoms with Crippen LogP contribution in [0.2, 0.25) is 0 Å². The molecule has 2 rings (SSSR count). The number of benzene rings is 2. The summed E-state index contributed by atoms with van der Waals surface area (Å²) in [7, 11) is 1.19. The van der Waals surface area contributed by atoms with Crippen molar-refractivity contribution in [2.45, 2.75) is 12.5 Å². The lowest BCUT2D eigenvalue weighted by Crippen LogP contribution is -2.18. The van der Waals surface area contributed by atoms with Gasteiger partial charge in [-0.05, 0) is 29.8 Å². The summed E-state index contributed by atoms with van der Waals surface area (Å²) < 4.78 is 85.4. The van der Waals surface area contributed by atoms with Gasteiger partial charge in [-0.15, -0.1) is 13.2 Å². The lowest BCUT2D eigenvalue weighted by atomic mass is 9.98. The third kappa shape index (κ3) is 4.08. The summed E-state index contributed by atoms with van der Waals surface area (Å²) in [4.78, 5) is 0. The minimum absolute atomic E-state index is 0.0599. The molecule has 0 bridgehead atoms. The zero-order valence-corrected chi connectivity index (χ0v) is 11.6. The molecule has 0 atom stereocenters. The molecular formula is C15H10F6O2. The van der Waals surface area contributed by atoms with Gasteiger partial charge >= 0.3 is 12.5 Å². The molecule has 0 saturated heterocycles. The van der Waals surface area contributed by atoms with Gasteiger partial charge in [-0.25, -0.2) is 0 Å². The third-order valence-corrected chi connectivity index (χ3v) is 2.94. The number of rotatable bonds is 3. The van der Waals surface area contributed by atoms with Crippen molar-refractivity contribution in [2.75, 3.05) is 7.11 Å². The van der Waals surface area contributed by atoms with Crippen LogP contribution in [-0.2, 0) is 6.18 Å². The summed E-state index contributed by atoms with van der Waals surface area (Å²) in [5, 5.41) is 0. The SMILES string of the molecule is COc1ccc(-c2ccccc2OC(F)(F)F)c(C(F)(F)F)c1. The molecule has 2 aromatic carbocycles. The smallest absolute Gasteiger partial charge is 0.497 e. The Kier molecular flexibility index (Phi) is 4.44. The van der Waals surface area contributed by atoms with Crippen molar-refractivity contribution in [1.82, 2.24) is 0 Å². The van der Waals surface area contributed by atoms with Gasteiger partial charge in [-0.3, -0.25) is 0 Å². The van der Waals surface area contributed by atoms with E-state index in [1.54, 1.807) is 0 Å². The molecule has 0 aromatic heterocycles. The van der Waals surface area contributed by atoms with Crippen molar-refractivity contribution >= 4 is 0 Å². The first kappa shape index (κ1) is 17.0. The normalized spacial score (nSPS) is 12.1. The van der Waals surface area contributed by atoms with E-state index >= 15 is 0 Å². The maximum absolute atomic E-state index is 13.2. The highest BCUT2D eigenvalue weighted by molar-refractivity contribution is 5.74. The van der Waals surface area contributed by atoms with E-state index in [1.165, 1.54) is 25.3 Å². The predicted octanol–water partition coefficient (Wildman–Crippen LogP) is 5.28. The largest absolute Gasteiger partial charge is 0.573 e. The molecule has 0 N–H and O–H groups in total. The summed E-state index contributed by atoms with van der Waals surface area (Å²) in [5.41, 5.74) is -1.87. The topological polar surface area (TPSA) is 18.5 Å². The standard InChI is InChI=1S/C15H10F6O2/c1-22-9-6-7-10(12(8-9)14(16,17)18)11-4-2-3-5-13(11)23-15(19,20)21/h2-8H,1H3. The number of para-hydroxylation sites is 1. The highest BCUT2D eigenvalue weighted by atomic mass is 19.4. The quantitative estimate of drug-likeness (QED) is 0.710. The molecule has 0 fully saturated rings. The van der Waals surface area contributed by atoms with Gasteiger partial charge in [0.05, 0.1) is 12.7 Å². The highest BCUT2D eigenvalue weighted by Gasteiger charge is 2.36. The maximum atomic E-state index is 13.2. The van der Waals surface area contributed by atoms with Crippen molar-refractivity contribution < 1.29 is 35.8 Å². The van der Waals surface area contributed by atoms with Gasteiger partial charge in [0.2, 0.25) is 0 Å². The van der Waals surface area contributed by atoms with E-state index in [0.717, 1.165) is 24.3 Å². The summed E-state index contributed by atoms with van der Waals surface area (Å²) >= 11 is 0. The van der Waals surface area contributed by atoms with Crippen molar-refractivity contribution in [1.29, 1.82) is 0 Å². The molecule has 0 unspecified atom stereocenters. The van der Waals surface area contributed by atoms with E-state index in [2.05, 4.69) is 4.74 Å². The van der Waals surface area contributed by atoms with Crippen molar-refractivity contribution in [3.05, 3.63) is 48.0 Å². The van der Waals surface area contributed by atoms with Crippen LogP contribution >= 0.6 is 0 Å². The van der Waals surface area contributed by atoms with Gasteiger partial charge < -0.3 is 9.47 Å². The van der Waals surface area contributed by atoms with E-state index in [-0.39, 0.29) is 11.3 Å². The summed E-state index contributed by atoms with van der Waals surface area (Å²) in [6.45, 7) is 0. The number of halogens is 6. The number of hydrogen-bond donors (Lipinski definition) is 0. The third-order valence-electron chi connectivity index (χ3n) is 2.94. The minimum Gasteiger partial charge on any atom is -0.497 e. The molecule has 0 aliphatic carbocycles. The second kappa shape index (κ2) is 6.02. The number of alkyl halides is 6. The van der Waals surface area contributed by atoms with Gasteiger partial charge in [0, 0.05) is 5.56 Å². The summed E-state index contributed by atoms with van der Waals surface area (Å²) in [5.74, 6) is -0.772. The molecule has 0 saturated carbocycles. The summed E-state index contributed by atoms with van der Waals surface area (Å²) in [6.07, 6.45) is -9.78. The van der Waals surface area contributed by atoms with Crippen LogP contribution < -0.4 is 9.47 Å². The van der Waals surface area contributed by atoms with Gasteiger partial charge in [0.1, 0.15) is 11.5 Å². The van der Waals surface area contributed by atoms with Crippen LogP contribution in [-0.4, -0.2) is 13.5 Å². The second-order valence-corrected chi connectivity index (χ2v) is 4.45. The first-order valence-corrected chi connectivity index (χ1v) is 6.22. The fourth-order valence-electron chi connectivity index (χ4n) is 2.02. The Morgan fingerprint density at radius 1 is 0.826 bits per heavy atom. The number of ether oxygens (including phenoxy) is 2. The predicted molar refractivity (Wildman–Crippen MR) is 70.1 cm³/mol. The number of methoxy groups -OCH3 is 1. The Hall–Kier alpha value is -2.38. The molecule has 0 aliphatic rings. The summed E-state index contributed by atoms with van der Waals surface area (Å²) in [6, 6.07) is 7.63. The van der Waals surface area contributed by atoms with Crippen LogP contribution in [0.4, 0.5) is 26.3 Å². The van der Waals surface area contributed by atoms with E-state index in [1.807, 2.05) is 0 Å². The monoisotopic (exact) mass is 336 g/mol. The lowest BCUT2D eigenvalue weighted by Gasteiger charge is -2.17. The van der Waals surface area contributed by atoms with Gasteiger partial charge in [0.25, 0.3) is 0 Å². The molecular weight excluding hydrogens is 326 g/mol. The second-order valence-electron chi connectivity index (χ2n) is 4.45. The minimum atomic E-state index is -5.01. The molecule has 0 heterocycles. The molecule has 2 aromatic rings. The van der Waals surface area contributed by atoms with Crippen LogP contribution in [0.5, 0.6) is 11.5 Å². The van der Waals surface area contributed by atoms with Gasteiger partial charge in [0.15, 0.2) is 0 Å². The zero-order chi connectivity index (χ0) is 17.3. The Morgan fingerprint density at radius 3 is 2.04 bits per heavy atom. The van der Waals surface area contributed by atoms with E-state index in [9.17, 15) is 26.3 Å². The molecule has 0 spiro atoms. The van der Waals surface area contributed by atoms with Crippen LogP contribution in [0.3, 0.4) is 0 Å². The van der Waals surface area contributed by atoms with Crippen LogP contribution in [0.1, 0.15) is 5.56 Å². The van der Waals surface area contributed by atoms with Crippen molar-refractivity contribution in [3.8, 4) is 22.6 Å². The van der Waals surface area contributed by atoms with Crippen molar-refractivity contribution in [3.63, 3.8) is 0 Å². The molecule has 23 heavy (non-hydrogen) atoms. The van der Waals surface area contributed by atoms with E-state index in [0.29, 0.717) is 0 Å².